The molecule has 0 saturated carbocycles. The minimum atomic E-state index is -0.238. The maximum atomic E-state index is 5.31. The maximum Gasteiger partial charge on any atom is 0.159 e. The molecule has 3 atom stereocenters. The first kappa shape index (κ1) is 30.8. The third-order valence-corrected chi connectivity index (χ3v) is 9.73. The first-order valence-electron chi connectivity index (χ1n) is 17.4. The van der Waals surface area contributed by atoms with Gasteiger partial charge in [-0.2, -0.15) is 0 Å². The Morgan fingerprint density at radius 1 is 0.694 bits per heavy atom. The largest absolute Gasteiger partial charge is 0.381 e. The second-order valence-electron chi connectivity index (χ2n) is 14.4. The predicted molar refractivity (Wildman–Crippen MR) is 208 cm³/mol. The fourth-order valence-corrected chi connectivity index (χ4v) is 7.27. The summed E-state index contributed by atoms with van der Waals surface area (Å²) < 4.78 is 0. The molecule has 8 rings (SSSR count). The van der Waals surface area contributed by atoms with E-state index in [2.05, 4.69) is 178 Å². The monoisotopic (exact) mass is 638 g/mol. The molecule has 0 spiro atoms. The van der Waals surface area contributed by atoms with Gasteiger partial charge in [0.1, 0.15) is 12.0 Å². The number of hydrogen-bond donors (Lipinski definition) is 2. The van der Waals surface area contributed by atoms with Crippen LogP contribution < -0.4 is 10.6 Å². The fraction of sp³-hybridized carbons (Fsp3) is 0.200. The van der Waals surface area contributed by atoms with Crippen LogP contribution in [0.3, 0.4) is 0 Å². The SMILES string of the molecule is CC1C=CC(c2cc(C3=NC(c4ccccc4)NC(C4C=CC=CC4)=N3)cc(-c3cc4ccccc4c4ccccc34)c2)=C(C(C)(C)C)N1. The van der Waals surface area contributed by atoms with Crippen LogP contribution in [0.15, 0.2) is 155 Å². The molecule has 0 bridgehead atoms. The van der Waals surface area contributed by atoms with Crippen molar-refractivity contribution in [2.75, 3.05) is 0 Å². The van der Waals surface area contributed by atoms with Crippen LogP contribution in [0, 0.1) is 11.3 Å². The minimum absolute atomic E-state index is 0.0724. The van der Waals surface area contributed by atoms with Gasteiger partial charge in [0.25, 0.3) is 0 Å². The van der Waals surface area contributed by atoms with Crippen molar-refractivity contribution in [2.24, 2.45) is 21.3 Å². The summed E-state index contributed by atoms with van der Waals surface area (Å²) >= 11 is 0. The van der Waals surface area contributed by atoms with Gasteiger partial charge in [0.05, 0.1) is 0 Å². The highest BCUT2D eigenvalue weighted by Crippen LogP contribution is 2.40. The van der Waals surface area contributed by atoms with Crippen LogP contribution in [0.1, 0.15) is 57.0 Å². The summed E-state index contributed by atoms with van der Waals surface area (Å²) in [7, 11) is 0. The lowest BCUT2D eigenvalue weighted by atomic mass is 9.83. The van der Waals surface area contributed by atoms with Crippen LogP contribution in [0.5, 0.6) is 0 Å². The molecule has 242 valence electrons. The number of aliphatic imine (C=N–C) groups is 2. The van der Waals surface area contributed by atoms with E-state index in [0.29, 0.717) is 0 Å². The molecule has 4 heteroatoms. The summed E-state index contributed by atoms with van der Waals surface area (Å²) in [6.45, 7) is 9.06. The van der Waals surface area contributed by atoms with Crippen LogP contribution in [-0.2, 0) is 0 Å². The average molecular weight is 639 g/mol. The summed E-state index contributed by atoms with van der Waals surface area (Å²) in [6.07, 6.45) is 13.9. The van der Waals surface area contributed by atoms with E-state index in [4.69, 9.17) is 9.98 Å². The molecule has 0 radical (unpaired) electrons. The predicted octanol–water partition coefficient (Wildman–Crippen LogP) is 10.5. The van der Waals surface area contributed by atoms with Gasteiger partial charge in [0, 0.05) is 34.2 Å². The highest BCUT2D eigenvalue weighted by Gasteiger charge is 2.28. The lowest BCUT2D eigenvalue weighted by Gasteiger charge is -2.32. The van der Waals surface area contributed by atoms with Gasteiger partial charge < -0.3 is 10.6 Å². The molecule has 2 N–H and O–H groups in total. The zero-order valence-corrected chi connectivity index (χ0v) is 28.6. The van der Waals surface area contributed by atoms with E-state index in [-0.39, 0.29) is 23.5 Å². The van der Waals surface area contributed by atoms with Crippen molar-refractivity contribution in [3.63, 3.8) is 0 Å². The molecule has 2 heterocycles. The number of allylic oxidation sites excluding steroid dienone is 6. The molecule has 1 aliphatic carbocycles. The van der Waals surface area contributed by atoms with Crippen molar-refractivity contribution in [3.05, 3.63) is 162 Å². The molecule has 3 aliphatic rings. The summed E-state index contributed by atoms with van der Waals surface area (Å²) in [5, 5.41) is 12.5. The van der Waals surface area contributed by atoms with Gasteiger partial charge in [-0.05, 0) is 81.4 Å². The highest BCUT2D eigenvalue weighted by atomic mass is 15.2. The Morgan fingerprint density at radius 2 is 1.41 bits per heavy atom. The fourth-order valence-electron chi connectivity index (χ4n) is 7.27. The van der Waals surface area contributed by atoms with Crippen molar-refractivity contribution < 1.29 is 0 Å². The number of nitrogens with one attached hydrogen (secondary N) is 2. The molecule has 3 unspecified atom stereocenters. The summed E-state index contributed by atoms with van der Waals surface area (Å²) in [6, 6.07) is 37.5. The van der Waals surface area contributed by atoms with Gasteiger partial charge in [-0.1, -0.05) is 136 Å². The molecular weight excluding hydrogens is 597 g/mol. The minimum Gasteiger partial charge on any atom is -0.381 e. The molecule has 0 aromatic heterocycles. The van der Waals surface area contributed by atoms with Crippen molar-refractivity contribution >= 4 is 38.8 Å². The molecular formula is C45H42N4. The Hall–Kier alpha value is -5.48. The van der Waals surface area contributed by atoms with Gasteiger partial charge in [-0.3, -0.25) is 0 Å². The van der Waals surface area contributed by atoms with Crippen LogP contribution in [0.25, 0.3) is 38.2 Å². The van der Waals surface area contributed by atoms with Gasteiger partial charge in [0.2, 0.25) is 0 Å². The zero-order chi connectivity index (χ0) is 33.5. The molecule has 0 saturated heterocycles. The Kier molecular flexibility index (Phi) is 7.88. The van der Waals surface area contributed by atoms with Crippen molar-refractivity contribution in [1.29, 1.82) is 0 Å². The van der Waals surface area contributed by atoms with E-state index in [1.165, 1.54) is 38.4 Å². The van der Waals surface area contributed by atoms with Crippen LogP contribution >= 0.6 is 0 Å². The number of rotatable bonds is 5. The van der Waals surface area contributed by atoms with Gasteiger partial charge in [-0.25, -0.2) is 9.98 Å². The number of nitrogens with zero attached hydrogens (tertiary/aromatic N) is 2. The third kappa shape index (κ3) is 6.04. The zero-order valence-electron chi connectivity index (χ0n) is 28.6. The molecule has 5 aromatic carbocycles. The summed E-state index contributed by atoms with van der Waals surface area (Å²) in [4.78, 5) is 10.6. The second-order valence-corrected chi connectivity index (χ2v) is 14.4. The molecule has 5 aromatic rings. The van der Waals surface area contributed by atoms with E-state index < -0.39 is 0 Å². The molecule has 2 aliphatic heterocycles. The normalized spacial score (nSPS) is 20.6. The van der Waals surface area contributed by atoms with E-state index in [1.54, 1.807) is 0 Å². The number of hydrogen-bond acceptors (Lipinski definition) is 4. The lowest BCUT2D eigenvalue weighted by molar-refractivity contribution is 0.450. The van der Waals surface area contributed by atoms with E-state index in [1.807, 2.05) is 0 Å². The number of amidine groups is 2. The molecule has 49 heavy (non-hydrogen) atoms. The summed E-state index contributed by atoms with van der Waals surface area (Å²) in [5.74, 6) is 1.86. The second kappa shape index (κ2) is 12.5. The summed E-state index contributed by atoms with van der Waals surface area (Å²) in [5.41, 5.74) is 8.01. The van der Waals surface area contributed by atoms with Gasteiger partial charge in [0.15, 0.2) is 5.84 Å². The Bertz CT molecular complexity index is 2260. The third-order valence-electron chi connectivity index (χ3n) is 9.73. The van der Waals surface area contributed by atoms with Gasteiger partial charge >= 0.3 is 0 Å². The van der Waals surface area contributed by atoms with E-state index in [9.17, 15) is 0 Å². The van der Waals surface area contributed by atoms with E-state index >= 15 is 0 Å². The van der Waals surface area contributed by atoms with Crippen molar-refractivity contribution in [1.82, 2.24) is 10.6 Å². The Labute approximate surface area is 289 Å². The maximum absolute atomic E-state index is 5.31. The standard InChI is InChI=1S/C45H42N4/c1-29-23-24-37(41(46-29)45(2,3)4)33-25-34(40-28-32-19-11-12-20-36(32)38-21-13-14-22-39(38)40)27-35(26-33)44-48-42(30-15-7-5-8-16-30)47-43(49-44)31-17-9-6-10-18-31/h5-17,19-29,31,42,46H,18H2,1-4H3,(H,47,48,49). The van der Waals surface area contributed by atoms with Crippen LogP contribution in [-0.4, -0.2) is 17.7 Å². The molecule has 0 amide bonds. The van der Waals surface area contributed by atoms with Crippen LogP contribution in [0.2, 0.25) is 0 Å². The highest BCUT2D eigenvalue weighted by molar-refractivity contribution is 6.15. The Morgan fingerprint density at radius 3 is 2.18 bits per heavy atom. The van der Waals surface area contributed by atoms with E-state index in [0.717, 1.165) is 40.3 Å². The van der Waals surface area contributed by atoms with Crippen LogP contribution in [0.4, 0.5) is 0 Å². The molecule has 4 nitrogen and oxygen atoms in total. The lowest BCUT2D eigenvalue weighted by Crippen LogP contribution is -2.37. The molecule has 0 fully saturated rings. The number of fused-ring (bicyclic) bond motifs is 3. The first-order valence-corrected chi connectivity index (χ1v) is 17.4. The average Bonchev–Trinajstić information content (AvgIpc) is 3.14. The number of dihydropyridines is 1. The first-order chi connectivity index (χ1) is 23.8. The van der Waals surface area contributed by atoms with Crippen molar-refractivity contribution in [2.45, 2.75) is 46.3 Å². The van der Waals surface area contributed by atoms with Crippen molar-refractivity contribution in [3.8, 4) is 11.1 Å². The number of benzene rings is 5. The smallest absolute Gasteiger partial charge is 0.159 e. The van der Waals surface area contributed by atoms with Gasteiger partial charge in [-0.15, -0.1) is 0 Å². The topological polar surface area (TPSA) is 48.8 Å². The Balaban J connectivity index is 1.39. The quantitative estimate of drug-likeness (QED) is 0.188.